The van der Waals surface area contributed by atoms with Crippen molar-refractivity contribution in [2.75, 3.05) is 26.4 Å². The number of benzene rings is 12. The first kappa shape index (κ1) is 99.1. The monoisotopic (exact) mass is 1830 g/mol. The predicted molar refractivity (Wildman–Crippen MR) is 527 cm³/mol. The Morgan fingerprint density at radius 2 is 0.375 bits per heavy atom. The zero-order valence-corrected chi connectivity index (χ0v) is 79.9. The van der Waals surface area contributed by atoms with Crippen LogP contribution in [0.5, 0.6) is 23.0 Å². The van der Waals surface area contributed by atoms with Crippen molar-refractivity contribution in [1.29, 1.82) is 0 Å². The summed E-state index contributed by atoms with van der Waals surface area (Å²) in [5.41, 5.74) is 11.8. The van der Waals surface area contributed by atoms with E-state index < -0.39 is 120 Å². The van der Waals surface area contributed by atoms with Crippen LogP contribution in [-0.2, 0) is 157 Å². The second-order valence-electron chi connectivity index (χ2n) is 39.0. The molecule has 20 heteroatoms. The van der Waals surface area contributed by atoms with Crippen molar-refractivity contribution in [3.05, 3.63) is 402 Å². The van der Waals surface area contributed by atoms with Crippen molar-refractivity contribution in [2.45, 2.75) is 207 Å². The molecule has 12 aromatic carbocycles. The van der Waals surface area contributed by atoms with Crippen molar-refractivity contribution in [3.8, 4) is 23.0 Å². The molecule has 4 atom stereocenters. The second-order valence-corrected chi connectivity index (χ2v) is 39.0. The van der Waals surface area contributed by atoms with E-state index in [0.29, 0.717) is 67.5 Å². The highest BCUT2D eigenvalue weighted by atomic mass is 16.6. The van der Waals surface area contributed by atoms with Crippen molar-refractivity contribution < 1.29 is 76.3 Å². The van der Waals surface area contributed by atoms with Gasteiger partial charge >= 0.3 is 23.9 Å². The highest BCUT2D eigenvalue weighted by Crippen LogP contribution is 2.45. The van der Waals surface area contributed by atoms with Gasteiger partial charge in [-0.15, -0.1) is 0 Å². The molecule has 8 bridgehead atoms. The largest absolute Gasteiger partial charge is 0.483 e. The number of nitrogens with one attached hydrogen (secondary N) is 4. The van der Waals surface area contributed by atoms with Crippen LogP contribution in [0.2, 0.25) is 0 Å². The number of amides is 4. The fourth-order valence-electron chi connectivity index (χ4n) is 16.3. The molecule has 13 rings (SSSR count). The van der Waals surface area contributed by atoms with Crippen LogP contribution in [0.3, 0.4) is 0 Å². The summed E-state index contributed by atoms with van der Waals surface area (Å²) in [6, 6.07) is 86.4. The lowest BCUT2D eigenvalue weighted by molar-refractivity contribution is -0.149. The standard InChI is InChI=1S/C116H124N4O16/c1-113(2,3)93-61-85-57-87-63-94(114(4,5)6)65-89(106(87)130-74-102(122)118-98(54-78-39-23-14-24-40-78)110(126)134-70-82-47-31-18-32-48-82)59-91-67-96(116(10,11)12)68-92(108(91)132-76-104(124)120-100(56-80-43-27-16-28-44-80)112(128)136-72-84-51-35-20-36-52-84)60-90-66-95(115(7,8)9)64-88(107(90)131-75-103(123)119-99(55-79-41-25-15-26-42-79)111(127)135-71-83-49-33-19-34-50-83)58-86(62-93)105(85)129-73-101(121)117-97(53-77-37-21-13-22-38-77)109(125)133-69-81-45-29-17-30-46-81/h13-52,61-68,97-100H,53-60,69-76H2,1-12H3,(H,117,121)(H,118,122)(H,119,123)(H,120,124). The number of hydrogen-bond donors (Lipinski definition) is 4. The van der Waals surface area contributed by atoms with Crippen molar-refractivity contribution in [2.24, 2.45) is 0 Å². The average molecular weight is 1830 g/mol. The quantitative estimate of drug-likeness (QED) is 0.0210. The Balaban J connectivity index is 0.997. The summed E-state index contributed by atoms with van der Waals surface area (Å²) >= 11 is 0. The molecule has 0 radical (unpaired) electrons. The van der Waals surface area contributed by atoms with E-state index >= 15 is 19.2 Å². The molecule has 0 spiro atoms. The maximum atomic E-state index is 15.3. The molecule has 12 aromatic rings. The summed E-state index contributed by atoms with van der Waals surface area (Å²) in [6.45, 7) is 22.6. The van der Waals surface area contributed by atoms with E-state index in [2.05, 4.69) is 153 Å². The first-order valence-electron chi connectivity index (χ1n) is 46.5. The van der Waals surface area contributed by atoms with E-state index in [1.165, 1.54) is 0 Å². The minimum absolute atomic E-state index is 0.0100. The summed E-state index contributed by atoms with van der Waals surface area (Å²) in [6.07, 6.45) is 0.386. The van der Waals surface area contributed by atoms with Crippen LogP contribution in [-0.4, -0.2) is 98.1 Å². The molecule has 4 unspecified atom stereocenters. The van der Waals surface area contributed by atoms with Gasteiger partial charge < -0.3 is 59.2 Å². The fourth-order valence-corrected chi connectivity index (χ4v) is 16.3. The zero-order valence-electron chi connectivity index (χ0n) is 79.9. The molecule has 0 heterocycles. The first-order chi connectivity index (χ1) is 65.2. The number of fused-ring (bicyclic) bond motifs is 8. The van der Waals surface area contributed by atoms with Crippen molar-refractivity contribution in [3.63, 3.8) is 0 Å². The maximum Gasteiger partial charge on any atom is 0.329 e. The van der Waals surface area contributed by atoms with Crippen molar-refractivity contribution in [1.82, 2.24) is 21.3 Å². The molecule has 0 aromatic heterocycles. The van der Waals surface area contributed by atoms with E-state index in [1.54, 1.807) is 0 Å². The summed E-state index contributed by atoms with van der Waals surface area (Å²) in [5, 5.41) is 12.0. The van der Waals surface area contributed by atoms with E-state index in [0.717, 1.165) is 66.8 Å². The Labute approximate surface area is 799 Å². The van der Waals surface area contributed by atoms with E-state index in [4.69, 9.17) is 37.9 Å². The molecule has 20 nitrogen and oxygen atoms in total. The van der Waals surface area contributed by atoms with Crippen LogP contribution in [0.25, 0.3) is 0 Å². The normalized spacial score (nSPS) is 12.9. The molecule has 0 fully saturated rings. The number of ether oxygens (including phenoxy) is 8. The van der Waals surface area contributed by atoms with Crippen LogP contribution in [0, 0.1) is 0 Å². The second kappa shape index (κ2) is 46.0. The van der Waals surface area contributed by atoms with Gasteiger partial charge in [0.1, 0.15) is 73.6 Å². The van der Waals surface area contributed by atoms with Gasteiger partial charge in [-0.2, -0.15) is 0 Å². The maximum absolute atomic E-state index is 15.3. The summed E-state index contributed by atoms with van der Waals surface area (Å²) in [7, 11) is 0. The number of rotatable bonds is 36. The van der Waals surface area contributed by atoms with Gasteiger partial charge in [0.15, 0.2) is 26.4 Å². The van der Waals surface area contributed by atoms with E-state index in [9.17, 15) is 19.2 Å². The van der Waals surface area contributed by atoms with Crippen LogP contribution < -0.4 is 40.2 Å². The van der Waals surface area contributed by atoms with E-state index in [-0.39, 0.29) is 77.8 Å². The SMILES string of the molecule is CC(C)(C)c1cc2c(OCC(=O)NC(Cc3ccccc3)C(=O)OCc3ccccc3)c(c1)Cc1cc(C(C)(C)C)cc(c1OCC(=O)NC(Cc1ccccc1)C(=O)OCc1ccccc1)Cc1cc(C(C)(C)C)cc(c1OCC(=O)NC(Cc1ccccc1)C(=O)OCc1ccccc1)Cc1cc(C(C)(C)C)cc(c1OCC(=O)NC(Cc1ccccc1)C(=O)OCc1ccccc1)C2. The molecule has 1 aliphatic carbocycles. The average Bonchev–Trinajstić information content (AvgIpc) is 0.756. The zero-order chi connectivity index (χ0) is 96.5. The Bertz CT molecular complexity index is 5250. The molecule has 1 aliphatic rings. The smallest absolute Gasteiger partial charge is 0.329 e. The molecule has 0 saturated heterocycles. The lowest BCUT2D eigenvalue weighted by Gasteiger charge is -2.29. The van der Waals surface area contributed by atoms with Gasteiger partial charge in [0.25, 0.3) is 23.6 Å². The van der Waals surface area contributed by atoms with Crippen molar-refractivity contribution >= 4 is 47.5 Å². The van der Waals surface area contributed by atoms with Gasteiger partial charge in [0.05, 0.1) is 0 Å². The Hall–Kier alpha value is -14.4. The minimum atomic E-state index is -1.17. The highest BCUT2D eigenvalue weighted by molar-refractivity contribution is 5.88. The summed E-state index contributed by atoms with van der Waals surface area (Å²) in [4.78, 5) is 120. The molecule has 0 aliphatic heterocycles. The molecule has 4 N–H and O–H groups in total. The number of carbonyl (C=O) groups excluding carboxylic acids is 8. The summed E-state index contributed by atoms with van der Waals surface area (Å²) < 4.78 is 52.9. The van der Waals surface area contributed by atoms with Gasteiger partial charge in [0.2, 0.25) is 0 Å². The molecular formula is C116H124N4O16. The molecule has 136 heavy (non-hydrogen) atoms. The Kier molecular flexibility index (Phi) is 33.5. The Morgan fingerprint density at radius 1 is 0.228 bits per heavy atom. The van der Waals surface area contributed by atoms with Crippen LogP contribution >= 0.6 is 0 Å². The third kappa shape index (κ3) is 28.8. The van der Waals surface area contributed by atoms with Crippen LogP contribution in [0.15, 0.2) is 291 Å². The van der Waals surface area contributed by atoms with Gasteiger partial charge in [-0.1, -0.05) is 374 Å². The molecule has 0 saturated carbocycles. The number of esters is 4. The van der Waals surface area contributed by atoms with Gasteiger partial charge in [-0.25, -0.2) is 19.2 Å². The third-order valence-electron chi connectivity index (χ3n) is 23.9. The number of carbonyl (C=O) groups is 8. The van der Waals surface area contributed by atoms with Crippen LogP contribution in [0.1, 0.15) is 194 Å². The highest BCUT2D eigenvalue weighted by Gasteiger charge is 2.35. The lowest BCUT2D eigenvalue weighted by atomic mass is 9.79. The number of hydrogen-bond acceptors (Lipinski definition) is 16. The lowest BCUT2D eigenvalue weighted by Crippen LogP contribution is -2.45. The fraction of sp³-hybridized carbons (Fsp3) is 0.310. The van der Waals surface area contributed by atoms with Gasteiger partial charge in [-0.3, -0.25) is 19.2 Å². The summed E-state index contributed by atoms with van der Waals surface area (Å²) in [5.74, 6) is -4.03. The third-order valence-corrected chi connectivity index (χ3v) is 23.9. The van der Waals surface area contributed by atoms with E-state index in [1.807, 2.05) is 243 Å². The van der Waals surface area contributed by atoms with Gasteiger partial charge in [-0.05, 0) is 133 Å². The molecular weight excluding hydrogens is 1710 g/mol. The van der Waals surface area contributed by atoms with Crippen LogP contribution in [0.4, 0.5) is 0 Å². The predicted octanol–water partition coefficient (Wildman–Crippen LogP) is 19.0. The van der Waals surface area contributed by atoms with Gasteiger partial charge in [0, 0.05) is 51.4 Å². The first-order valence-corrected chi connectivity index (χ1v) is 46.5. The molecule has 4 amide bonds. The molecule has 704 valence electrons. The Morgan fingerprint density at radius 3 is 0.522 bits per heavy atom. The minimum Gasteiger partial charge on any atom is -0.483 e. The topological polar surface area (TPSA) is 259 Å².